The van der Waals surface area contributed by atoms with Crippen LogP contribution in [-0.4, -0.2) is 48.4 Å². The van der Waals surface area contributed by atoms with Crippen LogP contribution >= 0.6 is 0 Å². The van der Waals surface area contributed by atoms with Crippen molar-refractivity contribution in [1.82, 2.24) is 20.9 Å². The molecule has 1 aromatic carbocycles. The van der Waals surface area contributed by atoms with Gasteiger partial charge < -0.3 is 25.7 Å². The Morgan fingerprint density at radius 1 is 1.29 bits per heavy atom. The zero-order valence-electron chi connectivity index (χ0n) is 20.9. The van der Waals surface area contributed by atoms with Crippen molar-refractivity contribution in [3.05, 3.63) is 30.0 Å². The number of benzene rings is 1. The van der Waals surface area contributed by atoms with Crippen molar-refractivity contribution in [2.45, 2.75) is 65.0 Å². The first-order valence-electron chi connectivity index (χ1n) is 12.1. The predicted octanol–water partition coefficient (Wildman–Crippen LogP) is 3.03. The monoisotopic (exact) mass is 481 g/mol. The van der Waals surface area contributed by atoms with E-state index in [1.165, 1.54) is 0 Å². The van der Waals surface area contributed by atoms with Gasteiger partial charge in [0, 0.05) is 23.4 Å². The fraction of sp³-hybridized carbons (Fsp3) is 0.538. The molecule has 1 aliphatic rings. The molecule has 0 aliphatic carbocycles. The Balaban J connectivity index is 1.69. The number of nitrogens with one attached hydrogen (secondary N) is 4. The number of fused-ring (bicyclic) bond motifs is 1. The maximum Gasteiger partial charge on any atom is 0.268 e. The lowest BCUT2D eigenvalue weighted by Crippen LogP contribution is -2.51. The molecule has 9 nitrogen and oxygen atoms in total. The van der Waals surface area contributed by atoms with E-state index in [1.807, 2.05) is 39.0 Å². The summed E-state index contributed by atoms with van der Waals surface area (Å²) in [5.74, 6) is -0.320. The molecule has 0 saturated carbocycles. The molecule has 9 heteroatoms. The van der Waals surface area contributed by atoms with Gasteiger partial charge in [-0.15, -0.1) is 0 Å². The number of rotatable bonds is 9. The van der Waals surface area contributed by atoms with Gasteiger partial charge >= 0.3 is 0 Å². The second-order valence-electron chi connectivity index (χ2n) is 10.3. The molecule has 1 saturated heterocycles. The first kappa shape index (κ1) is 26.1. The maximum atomic E-state index is 13.2. The summed E-state index contributed by atoms with van der Waals surface area (Å²) in [6.07, 6.45) is 2.99. The number of hydrogen-bond acceptors (Lipinski definition) is 5. The third-order valence-electron chi connectivity index (χ3n) is 6.20. The molecule has 1 fully saturated rings. The molecule has 2 heterocycles. The van der Waals surface area contributed by atoms with E-state index in [0.29, 0.717) is 37.3 Å². The molecule has 2 aromatic rings. The van der Waals surface area contributed by atoms with Crippen molar-refractivity contribution >= 4 is 28.6 Å². The molecule has 3 rings (SSSR count). The number of aromatic amines is 1. The third-order valence-corrected chi connectivity index (χ3v) is 6.20. The van der Waals surface area contributed by atoms with E-state index in [2.05, 4.69) is 27.0 Å². The lowest BCUT2D eigenvalue weighted by molar-refractivity contribution is -0.126. The van der Waals surface area contributed by atoms with Crippen LogP contribution in [0.25, 0.3) is 10.9 Å². The highest BCUT2D eigenvalue weighted by atomic mass is 16.5. The predicted molar refractivity (Wildman–Crippen MR) is 133 cm³/mol. The van der Waals surface area contributed by atoms with E-state index in [1.54, 1.807) is 13.2 Å². The number of methoxy groups -OCH3 is 1. The minimum Gasteiger partial charge on any atom is -0.496 e. The van der Waals surface area contributed by atoms with Gasteiger partial charge in [0.2, 0.25) is 11.8 Å². The highest BCUT2D eigenvalue weighted by Gasteiger charge is 2.30. The molecule has 188 valence electrons. The molecule has 3 amide bonds. The lowest BCUT2D eigenvalue weighted by Gasteiger charge is -2.27. The molecule has 0 radical (unpaired) electrons. The summed E-state index contributed by atoms with van der Waals surface area (Å²) < 4.78 is 5.36. The molecular weight excluding hydrogens is 446 g/mol. The number of aromatic nitrogens is 1. The minimum absolute atomic E-state index is 0.00658. The standard InChI is InChI=1S/C26H35N5O4/c1-26(2,3)14-21(25(34)29-17(15-27)11-10-16-7-6-12-28-23(16)32)31-24(33)20-13-18-19(30-20)8-5-9-22(18)35-4/h5,8-9,13,16-17,21,30H,6-7,10-12,14H2,1-4H3,(H,28,32)(H,29,34)(H,31,33)/t16-,17-,21-/m0/s1. The Hall–Kier alpha value is -3.54. The number of piperidine rings is 1. The molecule has 0 bridgehead atoms. The fourth-order valence-corrected chi connectivity index (χ4v) is 4.41. The van der Waals surface area contributed by atoms with Crippen molar-refractivity contribution in [2.75, 3.05) is 13.7 Å². The first-order valence-corrected chi connectivity index (χ1v) is 12.1. The normalized spacial score (nSPS) is 17.7. The van der Waals surface area contributed by atoms with Crippen molar-refractivity contribution in [3.8, 4) is 11.8 Å². The average molecular weight is 482 g/mol. The van der Waals surface area contributed by atoms with Gasteiger partial charge in [-0.1, -0.05) is 26.8 Å². The summed E-state index contributed by atoms with van der Waals surface area (Å²) in [5.41, 5.74) is 0.820. The molecule has 4 N–H and O–H groups in total. The summed E-state index contributed by atoms with van der Waals surface area (Å²) in [7, 11) is 1.57. The van der Waals surface area contributed by atoms with Crippen LogP contribution in [0.4, 0.5) is 0 Å². The molecule has 1 aliphatic heterocycles. The van der Waals surface area contributed by atoms with E-state index >= 15 is 0 Å². The number of H-pyrrole nitrogens is 1. The summed E-state index contributed by atoms with van der Waals surface area (Å²) in [6, 6.07) is 7.74. The number of carbonyl (C=O) groups is 3. The fourth-order valence-electron chi connectivity index (χ4n) is 4.41. The molecule has 0 unspecified atom stereocenters. The van der Waals surface area contributed by atoms with E-state index in [4.69, 9.17) is 4.74 Å². The maximum absolute atomic E-state index is 13.2. The summed E-state index contributed by atoms with van der Waals surface area (Å²) in [5, 5.41) is 18.8. The van der Waals surface area contributed by atoms with Gasteiger partial charge in [0.05, 0.1) is 13.2 Å². The molecule has 35 heavy (non-hydrogen) atoms. The number of ether oxygens (including phenoxy) is 1. The van der Waals surface area contributed by atoms with Gasteiger partial charge in [0.15, 0.2) is 0 Å². The van der Waals surface area contributed by atoms with Crippen molar-refractivity contribution in [3.63, 3.8) is 0 Å². The van der Waals surface area contributed by atoms with Crippen LogP contribution in [0.2, 0.25) is 0 Å². The average Bonchev–Trinajstić information content (AvgIpc) is 3.26. The van der Waals surface area contributed by atoms with E-state index in [0.717, 1.165) is 23.7 Å². The smallest absolute Gasteiger partial charge is 0.268 e. The topological polar surface area (TPSA) is 136 Å². The highest BCUT2D eigenvalue weighted by molar-refractivity contribution is 6.01. The van der Waals surface area contributed by atoms with Crippen LogP contribution in [-0.2, 0) is 9.59 Å². The largest absolute Gasteiger partial charge is 0.496 e. The molecule has 3 atom stereocenters. The molecule has 0 spiro atoms. The second kappa shape index (κ2) is 11.3. The second-order valence-corrected chi connectivity index (χ2v) is 10.3. The van der Waals surface area contributed by atoms with Gasteiger partial charge in [-0.05, 0) is 55.7 Å². The Morgan fingerprint density at radius 2 is 2.06 bits per heavy atom. The van der Waals surface area contributed by atoms with Gasteiger partial charge in [-0.2, -0.15) is 5.26 Å². The van der Waals surface area contributed by atoms with Gasteiger partial charge in [0.1, 0.15) is 23.5 Å². The highest BCUT2D eigenvalue weighted by Crippen LogP contribution is 2.26. The number of carbonyl (C=O) groups excluding carboxylic acids is 3. The van der Waals surface area contributed by atoms with E-state index < -0.39 is 23.9 Å². The summed E-state index contributed by atoms with van der Waals surface area (Å²) >= 11 is 0. The van der Waals surface area contributed by atoms with Crippen LogP contribution in [0.15, 0.2) is 24.3 Å². The van der Waals surface area contributed by atoms with Crippen LogP contribution in [0, 0.1) is 22.7 Å². The number of nitrogens with zero attached hydrogens (tertiary/aromatic N) is 1. The quantitative estimate of drug-likeness (QED) is 0.436. The minimum atomic E-state index is -0.829. The Bertz CT molecular complexity index is 1110. The Morgan fingerprint density at radius 3 is 2.71 bits per heavy atom. The number of hydrogen-bond donors (Lipinski definition) is 4. The van der Waals surface area contributed by atoms with Crippen molar-refractivity contribution < 1.29 is 19.1 Å². The SMILES string of the molecule is COc1cccc2[nH]c(C(=O)N[C@@H](CC(C)(C)C)C(=O)N[C@H](C#N)CC[C@@H]3CCCNC3=O)cc12. The van der Waals surface area contributed by atoms with E-state index in [9.17, 15) is 19.6 Å². The zero-order chi connectivity index (χ0) is 25.6. The first-order chi connectivity index (χ1) is 16.6. The van der Waals surface area contributed by atoms with Crippen molar-refractivity contribution in [1.29, 1.82) is 5.26 Å². The summed E-state index contributed by atoms with van der Waals surface area (Å²) in [4.78, 5) is 41.3. The molecule has 1 aromatic heterocycles. The molecular formula is C26H35N5O4. The third kappa shape index (κ3) is 6.98. The van der Waals surface area contributed by atoms with Crippen LogP contribution in [0.1, 0.15) is 63.4 Å². The zero-order valence-corrected chi connectivity index (χ0v) is 20.9. The van der Waals surface area contributed by atoms with Gasteiger partial charge in [-0.25, -0.2) is 0 Å². The van der Waals surface area contributed by atoms with Crippen LogP contribution in [0.3, 0.4) is 0 Å². The summed E-state index contributed by atoms with van der Waals surface area (Å²) in [6.45, 7) is 6.63. The van der Waals surface area contributed by atoms with Gasteiger partial charge in [0.25, 0.3) is 5.91 Å². The van der Waals surface area contributed by atoms with Crippen LogP contribution < -0.4 is 20.7 Å². The van der Waals surface area contributed by atoms with Gasteiger partial charge in [-0.3, -0.25) is 14.4 Å². The Kier molecular flexibility index (Phi) is 8.39. The van der Waals surface area contributed by atoms with Crippen molar-refractivity contribution in [2.24, 2.45) is 11.3 Å². The Labute approximate surface area is 206 Å². The number of amides is 3. The number of nitriles is 1. The lowest BCUT2D eigenvalue weighted by atomic mass is 9.87. The van der Waals surface area contributed by atoms with E-state index in [-0.39, 0.29) is 17.2 Å². The van der Waals surface area contributed by atoms with Crippen LogP contribution in [0.5, 0.6) is 5.75 Å².